The van der Waals surface area contributed by atoms with Crippen molar-refractivity contribution in [1.29, 1.82) is 0 Å². The number of nitrogens with one attached hydrogen (secondary N) is 3. The Kier molecular flexibility index (Phi) is 12.3. The van der Waals surface area contributed by atoms with Crippen LogP contribution in [0.3, 0.4) is 0 Å². The van der Waals surface area contributed by atoms with Crippen LogP contribution in [0, 0.1) is 0 Å². The summed E-state index contributed by atoms with van der Waals surface area (Å²) in [5.74, 6) is -0.785. The van der Waals surface area contributed by atoms with Gasteiger partial charge in [0.25, 0.3) is 11.8 Å². The van der Waals surface area contributed by atoms with E-state index in [-0.39, 0.29) is 35.2 Å². The topological polar surface area (TPSA) is 157 Å². The first kappa shape index (κ1) is 38.0. The van der Waals surface area contributed by atoms with Crippen LogP contribution in [0.4, 0.5) is 5.69 Å². The van der Waals surface area contributed by atoms with Gasteiger partial charge in [0.1, 0.15) is 11.8 Å². The van der Waals surface area contributed by atoms with E-state index in [9.17, 15) is 27.9 Å². The predicted octanol–water partition coefficient (Wildman–Crippen LogP) is 3.28. The van der Waals surface area contributed by atoms with Crippen LogP contribution in [0.25, 0.3) is 0 Å². The Morgan fingerprint density at radius 3 is 2.12 bits per heavy atom. The van der Waals surface area contributed by atoms with Gasteiger partial charge in [0.05, 0.1) is 37.2 Å². The van der Waals surface area contributed by atoms with Crippen LogP contribution in [0.5, 0.6) is 5.75 Å². The number of hydrogen-bond acceptors (Lipinski definition) is 8. The number of piperazine rings is 1. The average Bonchev–Trinajstić information content (AvgIpc) is 3.15. The minimum Gasteiger partial charge on any atom is -0.497 e. The molecule has 0 spiro atoms. The van der Waals surface area contributed by atoms with Gasteiger partial charge >= 0.3 is 0 Å². The zero-order chi connectivity index (χ0) is 37.4. The third-order valence-electron chi connectivity index (χ3n) is 9.18. The molecule has 0 saturated carbocycles. The molecule has 4 N–H and O–H groups in total. The molecule has 4 atom stereocenters. The Labute approximate surface area is 304 Å². The van der Waals surface area contributed by atoms with Crippen LogP contribution >= 0.6 is 0 Å². The summed E-state index contributed by atoms with van der Waals surface area (Å²) in [7, 11) is -0.846. The number of ether oxygens (including phenoxy) is 1. The molecule has 5 rings (SSSR count). The summed E-state index contributed by atoms with van der Waals surface area (Å²) in [5, 5.41) is 20.8. The van der Waals surface area contributed by atoms with Gasteiger partial charge in [0, 0.05) is 37.8 Å². The lowest BCUT2D eigenvalue weighted by molar-refractivity contribution is -0.140. The largest absolute Gasteiger partial charge is 0.497 e. The first-order valence-corrected chi connectivity index (χ1v) is 18.8. The van der Waals surface area contributed by atoms with Gasteiger partial charge < -0.3 is 30.7 Å². The quantitative estimate of drug-likeness (QED) is 0.154. The van der Waals surface area contributed by atoms with Gasteiger partial charge in [0.15, 0.2) is 0 Å². The van der Waals surface area contributed by atoms with Crippen LogP contribution in [0.1, 0.15) is 50.4 Å². The molecule has 4 aromatic rings. The number of hydrogen-bond donors (Lipinski definition) is 4. The van der Waals surface area contributed by atoms with E-state index >= 15 is 0 Å². The number of carbonyl (C=O) groups is 3. The first-order valence-electron chi connectivity index (χ1n) is 17.0. The molecule has 1 fully saturated rings. The maximum absolute atomic E-state index is 14.1. The van der Waals surface area contributed by atoms with Gasteiger partial charge in [-0.15, -0.1) is 0 Å². The monoisotopic (exact) mass is 727 g/mol. The van der Waals surface area contributed by atoms with Crippen LogP contribution < -0.4 is 25.0 Å². The normalized spacial score (nSPS) is 16.4. The third kappa shape index (κ3) is 9.55. The summed E-state index contributed by atoms with van der Waals surface area (Å²) in [6.07, 6.45) is -0.149. The van der Waals surface area contributed by atoms with Crippen LogP contribution in [0.15, 0.2) is 103 Å². The smallest absolute Gasteiger partial charge is 0.251 e. The Bertz CT molecular complexity index is 1960. The molecule has 12 nitrogen and oxygen atoms in total. The second-order valence-electron chi connectivity index (χ2n) is 12.9. The number of sulfonamides is 1. The fraction of sp³-hybridized carbons (Fsp3) is 0.308. The molecule has 274 valence electrons. The number of nitrogens with zero attached hydrogens (tertiary/aromatic N) is 2. The van der Waals surface area contributed by atoms with Crippen molar-refractivity contribution >= 4 is 33.4 Å². The molecule has 52 heavy (non-hydrogen) atoms. The summed E-state index contributed by atoms with van der Waals surface area (Å²) < 4.78 is 31.3. The number of carbonyl (C=O) groups excluding carboxylic acids is 3. The standard InChI is InChI=1S/C39H45N5O7S/c1-26(29-13-9-6-10-14-29)41-37(46)30-22-31(24-32(23-30)43(2)52(4,49)50)38(47)42-34(21-27-11-7-5-8-12-27)36(45)35-39(48)44(20-19-40-35)25-28-15-17-33(51-3)18-16-28/h5-18,22-24,26,34-36,40,45H,19-21,25H2,1-4H3,(H,41,46)(H,42,47)/t26-,34?,35?,36+/m1/s1. The maximum atomic E-state index is 14.1. The molecule has 1 aliphatic rings. The van der Waals surface area contributed by atoms with E-state index in [1.165, 1.54) is 25.2 Å². The van der Waals surface area contributed by atoms with Gasteiger partial charge in [-0.1, -0.05) is 72.8 Å². The number of amides is 3. The molecule has 0 aliphatic carbocycles. The van der Waals surface area contributed by atoms with Crippen molar-refractivity contribution < 1.29 is 32.6 Å². The lowest BCUT2D eigenvalue weighted by atomic mass is 9.94. The van der Waals surface area contributed by atoms with Crippen molar-refractivity contribution in [3.05, 3.63) is 131 Å². The summed E-state index contributed by atoms with van der Waals surface area (Å²) >= 11 is 0. The van der Waals surface area contributed by atoms with Gasteiger partial charge in [-0.05, 0) is 60.4 Å². The van der Waals surface area contributed by atoms with E-state index in [1.54, 1.807) is 12.0 Å². The van der Waals surface area contributed by atoms with E-state index < -0.39 is 40.0 Å². The van der Waals surface area contributed by atoms with Gasteiger partial charge in [-0.3, -0.25) is 18.7 Å². The lowest BCUT2D eigenvalue weighted by Gasteiger charge is -2.38. The van der Waals surface area contributed by atoms with Crippen molar-refractivity contribution in [2.45, 2.75) is 44.1 Å². The molecule has 0 aromatic heterocycles. The molecule has 3 amide bonds. The second-order valence-corrected chi connectivity index (χ2v) is 14.9. The number of benzene rings is 4. The molecule has 1 saturated heterocycles. The van der Waals surface area contributed by atoms with Gasteiger partial charge in [-0.25, -0.2) is 8.42 Å². The molecule has 2 unspecified atom stereocenters. The van der Waals surface area contributed by atoms with E-state index in [1.807, 2.05) is 91.9 Å². The predicted molar refractivity (Wildman–Crippen MR) is 200 cm³/mol. The highest BCUT2D eigenvalue weighted by atomic mass is 32.2. The Morgan fingerprint density at radius 2 is 1.52 bits per heavy atom. The van der Waals surface area contributed by atoms with E-state index in [0.717, 1.165) is 27.3 Å². The minimum atomic E-state index is -3.76. The third-order valence-corrected chi connectivity index (χ3v) is 10.4. The van der Waals surface area contributed by atoms with Gasteiger partial charge in [0.2, 0.25) is 15.9 Å². The fourth-order valence-electron chi connectivity index (χ4n) is 6.09. The fourth-order valence-corrected chi connectivity index (χ4v) is 6.57. The number of aliphatic hydroxyl groups is 1. The Balaban J connectivity index is 1.42. The highest BCUT2D eigenvalue weighted by molar-refractivity contribution is 7.92. The van der Waals surface area contributed by atoms with Crippen molar-refractivity contribution in [2.24, 2.45) is 0 Å². The molecule has 0 bridgehead atoms. The molecule has 0 radical (unpaired) electrons. The first-order chi connectivity index (χ1) is 24.8. The minimum absolute atomic E-state index is 0.000150. The zero-order valence-corrected chi connectivity index (χ0v) is 30.5. The van der Waals surface area contributed by atoms with E-state index in [2.05, 4.69) is 16.0 Å². The summed E-state index contributed by atoms with van der Waals surface area (Å²) in [6.45, 7) is 3.01. The lowest BCUT2D eigenvalue weighted by Crippen LogP contribution is -2.63. The van der Waals surface area contributed by atoms with Crippen molar-refractivity contribution in [1.82, 2.24) is 20.9 Å². The highest BCUT2D eigenvalue weighted by Crippen LogP contribution is 2.23. The Morgan fingerprint density at radius 1 is 0.923 bits per heavy atom. The molecule has 4 aromatic carbocycles. The van der Waals surface area contributed by atoms with E-state index in [0.29, 0.717) is 25.4 Å². The molecular weight excluding hydrogens is 683 g/mol. The highest BCUT2D eigenvalue weighted by Gasteiger charge is 2.38. The zero-order valence-electron chi connectivity index (χ0n) is 29.7. The van der Waals surface area contributed by atoms with Crippen LogP contribution in [-0.2, 0) is 27.8 Å². The SMILES string of the molecule is COc1ccc(CN2CCNC([C@@H](O)C(Cc3ccccc3)NC(=O)c3cc(C(=O)N[C@H](C)c4ccccc4)cc(N(C)S(C)(=O)=O)c3)C2=O)cc1. The van der Waals surface area contributed by atoms with E-state index in [4.69, 9.17) is 4.74 Å². The maximum Gasteiger partial charge on any atom is 0.251 e. The number of rotatable bonds is 14. The molecule has 1 heterocycles. The summed E-state index contributed by atoms with van der Waals surface area (Å²) in [4.78, 5) is 43.1. The average molecular weight is 728 g/mol. The van der Waals surface area contributed by atoms with Crippen LogP contribution in [-0.4, -0.2) is 87.8 Å². The number of aliphatic hydroxyl groups excluding tert-OH is 1. The van der Waals surface area contributed by atoms with Crippen molar-refractivity contribution in [3.8, 4) is 5.75 Å². The Hall–Kier alpha value is -5.24. The molecular formula is C39H45N5O7S. The molecule has 13 heteroatoms. The van der Waals surface area contributed by atoms with Crippen LogP contribution in [0.2, 0.25) is 0 Å². The second kappa shape index (κ2) is 16.9. The van der Waals surface area contributed by atoms with Crippen molar-refractivity contribution in [3.63, 3.8) is 0 Å². The number of methoxy groups -OCH3 is 1. The van der Waals surface area contributed by atoms with Crippen molar-refractivity contribution in [2.75, 3.05) is 37.8 Å². The number of anilines is 1. The van der Waals surface area contributed by atoms with Gasteiger partial charge in [-0.2, -0.15) is 0 Å². The summed E-state index contributed by atoms with van der Waals surface area (Å²) in [5.41, 5.74) is 2.75. The summed E-state index contributed by atoms with van der Waals surface area (Å²) in [6, 6.07) is 27.8. The molecule has 1 aliphatic heterocycles.